The number of ketones is 1. The minimum Gasteiger partial charge on any atom is -0.342 e. The van der Waals surface area contributed by atoms with Crippen molar-refractivity contribution < 1.29 is 14.0 Å². The van der Waals surface area contributed by atoms with Gasteiger partial charge in [0.15, 0.2) is 0 Å². The number of Topliss-reactive ketones (excluding diaryl/α,β-unsaturated/α-hetero) is 1. The Morgan fingerprint density at radius 2 is 2.00 bits per heavy atom. The number of hydrogen-bond acceptors (Lipinski definition) is 2. The first-order valence-corrected chi connectivity index (χ1v) is 5.69. The summed E-state index contributed by atoms with van der Waals surface area (Å²) in [6, 6.07) is 6.55. The third-order valence-corrected chi connectivity index (χ3v) is 2.97. The monoisotopic (exact) mass is 235 g/mol. The van der Waals surface area contributed by atoms with Crippen molar-refractivity contribution >= 4 is 11.7 Å². The van der Waals surface area contributed by atoms with E-state index in [2.05, 4.69) is 0 Å². The van der Waals surface area contributed by atoms with Crippen LogP contribution in [0.1, 0.15) is 18.4 Å². The number of hydrogen-bond donors (Lipinski definition) is 0. The van der Waals surface area contributed by atoms with E-state index in [1.165, 1.54) is 6.07 Å². The fourth-order valence-corrected chi connectivity index (χ4v) is 1.95. The fourth-order valence-electron chi connectivity index (χ4n) is 1.95. The van der Waals surface area contributed by atoms with E-state index in [9.17, 15) is 14.0 Å². The van der Waals surface area contributed by atoms with Crippen LogP contribution >= 0.6 is 0 Å². The zero-order valence-corrected chi connectivity index (χ0v) is 9.49. The molecular weight excluding hydrogens is 221 g/mol. The van der Waals surface area contributed by atoms with E-state index in [0.29, 0.717) is 31.5 Å². The van der Waals surface area contributed by atoms with E-state index in [1.807, 2.05) is 0 Å². The summed E-state index contributed by atoms with van der Waals surface area (Å²) >= 11 is 0. The second-order valence-electron chi connectivity index (χ2n) is 4.19. The Labute approximate surface area is 99.2 Å². The third kappa shape index (κ3) is 2.90. The average Bonchev–Trinajstić information content (AvgIpc) is 2.30. The maximum absolute atomic E-state index is 13.3. The molecule has 0 aliphatic carbocycles. The number of benzene rings is 1. The van der Waals surface area contributed by atoms with Crippen molar-refractivity contribution in [3.05, 3.63) is 35.6 Å². The number of amides is 1. The Kier molecular flexibility index (Phi) is 3.52. The van der Waals surface area contributed by atoms with Gasteiger partial charge in [-0.2, -0.15) is 0 Å². The van der Waals surface area contributed by atoms with Gasteiger partial charge in [-0.05, 0) is 18.1 Å². The highest BCUT2D eigenvalue weighted by atomic mass is 19.1. The van der Waals surface area contributed by atoms with Crippen LogP contribution in [0.2, 0.25) is 0 Å². The summed E-state index contributed by atoms with van der Waals surface area (Å²) in [6.45, 7) is 0.944. The van der Waals surface area contributed by atoms with Gasteiger partial charge in [0.2, 0.25) is 5.91 Å². The van der Waals surface area contributed by atoms with Crippen molar-refractivity contribution in [3.63, 3.8) is 0 Å². The molecule has 90 valence electrons. The average molecular weight is 235 g/mol. The normalized spacial score (nSPS) is 16.4. The van der Waals surface area contributed by atoms with Crippen LogP contribution in [0.5, 0.6) is 0 Å². The molecule has 1 aliphatic rings. The summed E-state index contributed by atoms with van der Waals surface area (Å²) in [4.78, 5) is 24.2. The minimum atomic E-state index is -0.243. The van der Waals surface area contributed by atoms with Crippen LogP contribution in [-0.4, -0.2) is 29.7 Å². The zero-order valence-electron chi connectivity index (χ0n) is 9.49. The van der Waals surface area contributed by atoms with Crippen molar-refractivity contribution in [2.24, 2.45) is 0 Å². The van der Waals surface area contributed by atoms with Gasteiger partial charge >= 0.3 is 0 Å². The van der Waals surface area contributed by atoms with E-state index in [-0.39, 0.29) is 23.9 Å². The molecule has 0 atom stereocenters. The summed E-state index contributed by atoms with van der Waals surface area (Å²) in [5.41, 5.74) is 0.609. The van der Waals surface area contributed by atoms with Crippen LogP contribution in [0, 0.1) is 5.82 Å². The van der Waals surface area contributed by atoms with Crippen LogP contribution in [0.3, 0.4) is 0 Å². The molecule has 0 N–H and O–H groups in total. The third-order valence-electron chi connectivity index (χ3n) is 2.97. The van der Waals surface area contributed by atoms with Crippen molar-refractivity contribution in [1.82, 2.24) is 4.90 Å². The lowest BCUT2D eigenvalue weighted by Crippen LogP contribution is -2.40. The summed E-state index contributed by atoms with van der Waals surface area (Å²) in [7, 11) is 0. The molecule has 1 aliphatic heterocycles. The first kappa shape index (κ1) is 11.8. The molecule has 1 aromatic rings. The first-order chi connectivity index (χ1) is 8.16. The number of piperidine rings is 1. The van der Waals surface area contributed by atoms with Crippen molar-refractivity contribution in [1.29, 1.82) is 0 Å². The smallest absolute Gasteiger partial charge is 0.230 e. The molecule has 1 fully saturated rings. The maximum Gasteiger partial charge on any atom is 0.230 e. The molecule has 0 saturated carbocycles. The molecule has 0 radical (unpaired) electrons. The summed E-state index contributed by atoms with van der Waals surface area (Å²) in [5, 5.41) is 0. The van der Waals surface area contributed by atoms with Gasteiger partial charge in [0, 0.05) is 19.5 Å². The maximum atomic E-state index is 13.3. The van der Waals surface area contributed by atoms with Crippen LogP contribution in [0.25, 0.3) is 0 Å². The van der Waals surface area contributed by atoms with Crippen LogP contribution in [-0.2, 0) is 16.0 Å². The number of rotatable bonds is 3. The molecule has 2 rings (SSSR count). The van der Waals surface area contributed by atoms with E-state index < -0.39 is 0 Å². The largest absolute Gasteiger partial charge is 0.342 e. The van der Waals surface area contributed by atoms with E-state index in [1.54, 1.807) is 23.1 Å². The van der Waals surface area contributed by atoms with Crippen LogP contribution < -0.4 is 0 Å². The molecule has 1 amide bonds. The number of carbonyl (C=O) groups is 2. The van der Waals surface area contributed by atoms with Crippen LogP contribution in [0.4, 0.5) is 4.39 Å². The van der Waals surface area contributed by atoms with Gasteiger partial charge in [0.05, 0.1) is 6.42 Å². The highest BCUT2D eigenvalue weighted by Crippen LogP contribution is 2.11. The van der Waals surface area contributed by atoms with Gasteiger partial charge in [0.25, 0.3) is 0 Å². The van der Waals surface area contributed by atoms with Gasteiger partial charge in [-0.25, -0.2) is 4.39 Å². The molecule has 1 saturated heterocycles. The number of halogens is 1. The Morgan fingerprint density at radius 3 is 2.71 bits per heavy atom. The molecule has 0 aromatic heterocycles. The van der Waals surface area contributed by atoms with Gasteiger partial charge in [0.1, 0.15) is 11.6 Å². The molecule has 1 aromatic carbocycles. The SMILES string of the molecule is O=C1CCN(CCc2ccccc2F)C(=O)C1. The summed E-state index contributed by atoms with van der Waals surface area (Å²) < 4.78 is 13.3. The molecule has 0 spiro atoms. The Balaban J connectivity index is 1.92. The minimum absolute atomic E-state index is 0.00265. The lowest BCUT2D eigenvalue weighted by atomic mass is 10.1. The van der Waals surface area contributed by atoms with E-state index in [4.69, 9.17) is 0 Å². The summed E-state index contributed by atoms with van der Waals surface area (Å²) in [6.07, 6.45) is 0.910. The van der Waals surface area contributed by atoms with Gasteiger partial charge < -0.3 is 4.90 Å². The molecule has 0 bridgehead atoms. The second kappa shape index (κ2) is 5.08. The highest BCUT2D eigenvalue weighted by Gasteiger charge is 2.23. The Bertz CT molecular complexity index is 445. The fraction of sp³-hybridized carbons (Fsp3) is 0.385. The highest BCUT2D eigenvalue weighted by molar-refractivity contribution is 6.00. The van der Waals surface area contributed by atoms with Gasteiger partial charge in [-0.15, -0.1) is 0 Å². The quantitative estimate of drug-likeness (QED) is 0.745. The molecule has 3 nitrogen and oxygen atoms in total. The molecular formula is C13H14FNO2. The molecule has 1 heterocycles. The summed E-state index contributed by atoms with van der Waals surface area (Å²) in [5.74, 6) is -0.386. The van der Waals surface area contributed by atoms with Crippen molar-refractivity contribution in [2.45, 2.75) is 19.3 Å². The first-order valence-electron chi connectivity index (χ1n) is 5.69. The predicted molar refractivity (Wildman–Crippen MR) is 60.9 cm³/mol. The Hall–Kier alpha value is -1.71. The van der Waals surface area contributed by atoms with E-state index in [0.717, 1.165) is 0 Å². The van der Waals surface area contributed by atoms with Gasteiger partial charge in [-0.1, -0.05) is 18.2 Å². The molecule has 17 heavy (non-hydrogen) atoms. The van der Waals surface area contributed by atoms with Gasteiger partial charge in [-0.3, -0.25) is 9.59 Å². The number of likely N-dealkylation sites (tertiary alicyclic amines) is 1. The van der Waals surface area contributed by atoms with Crippen molar-refractivity contribution in [3.8, 4) is 0 Å². The van der Waals surface area contributed by atoms with Crippen LogP contribution in [0.15, 0.2) is 24.3 Å². The number of nitrogens with zero attached hydrogens (tertiary/aromatic N) is 1. The number of carbonyl (C=O) groups excluding carboxylic acids is 2. The molecule has 0 unspecified atom stereocenters. The topological polar surface area (TPSA) is 37.4 Å². The van der Waals surface area contributed by atoms with Crippen molar-refractivity contribution in [2.75, 3.05) is 13.1 Å². The Morgan fingerprint density at radius 1 is 1.24 bits per heavy atom. The zero-order chi connectivity index (χ0) is 12.3. The standard InChI is InChI=1S/C13H14FNO2/c14-12-4-2-1-3-10(12)5-7-15-8-6-11(16)9-13(15)17/h1-4H,5-9H2. The van der Waals surface area contributed by atoms with E-state index >= 15 is 0 Å². The lowest BCUT2D eigenvalue weighted by Gasteiger charge is -2.26. The lowest BCUT2D eigenvalue weighted by molar-refractivity contribution is -0.139. The second-order valence-corrected chi connectivity index (χ2v) is 4.19. The molecule has 4 heteroatoms. The predicted octanol–water partition coefficient (Wildman–Crippen LogP) is 1.56.